The molecule has 0 saturated carbocycles. The summed E-state index contributed by atoms with van der Waals surface area (Å²) < 4.78 is 1.06. The molecule has 1 unspecified atom stereocenters. The van der Waals surface area contributed by atoms with E-state index in [4.69, 9.17) is 5.73 Å². The zero-order valence-corrected chi connectivity index (χ0v) is 11.7. The zero-order chi connectivity index (χ0) is 12.3. The zero-order valence-electron chi connectivity index (χ0n) is 10.1. The molecule has 0 heterocycles. The standard InChI is InChI=1S/C13H19BrN2/c1-9(2)8-16(4)11-5-6-12(10(3)15)13(14)7-11/h5-7,10H,1,8,15H2,2-4H3. The second-order valence-electron chi connectivity index (χ2n) is 4.31. The third-order valence-corrected chi connectivity index (χ3v) is 3.11. The van der Waals surface area contributed by atoms with Crippen LogP contribution >= 0.6 is 15.9 Å². The molecule has 0 aliphatic heterocycles. The van der Waals surface area contributed by atoms with Gasteiger partial charge in [0.25, 0.3) is 0 Å². The predicted molar refractivity (Wildman–Crippen MR) is 74.8 cm³/mol. The van der Waals surface area contributed by atoms with Crippen molar-refractivity contribution < 1.29 is 0 Å². The van der Waals surface area contributed by atoms with E-state index >= 15 is 0 Å². The van der Waals surface area contributed by atoms with E-state index in [0.29, 0.717) is 0 Å². The minimum atomic E-state index is 0.0508. The number of likely N-dealkylation sites (N-methyl/N-ethyl adjacent to an activating group) is 1. The molecule has 2 N–H and O–H groups in total. The fourth-order valence-electron chi connectivity index (χ4n) is 1.62. The Kier molecular flexibility index (Phi) is 4.56. The molecule has 0 amide bonds. The second kappa shape index (κ2) is 5.51. The Bertz CT molecular complexity index is 386. The fourth-order valence-corrected chi connectivity index (χ4v) is 2.35. The molecule has 1 rings (SSSR count). The summed E-state index contributed by atoms with van der Waals surface area (Å²) >= 11 is 3.55. The average molecular weight is 283 g/mol. The van der Waals surface area contributed by atoms with E-state index in [1.807, 2.05) is 13.8 Å². The lowest BCUT2D eigenvalue weighted by Gasteiger charge is -2.21. The first kappa shape index (κ1) is 13.3. The summed E-state index contributed by atoms with van der Waals surface area (Å²) in [5.41, 5.74) is 9.31. The average Bonchev–Trinajstić information content (AvgIpc) is 2.15. The van der Waals surface area contributed by atoms with E-state index in [1.54, 1.807) is 0 Å². The summed E-state index contributed by atoms with van der Waals surface area (Å²) in [6.45, 7) is 8.79. The molecule has 1 aromatic rings. The van der Waals surface area contributed by atoms with Gasteiger partial charge < -0.3 is 10.6 Å². The van der Waals surface area contributed by atoms with E-state index in [0.717, 1.165) is 22.2 Å². The largest absolute Gasteiger partial charge is 0.371 e. The Labute approximate surface area is 106 Å². The molecule has 1 atom stereocenters. The van der Waals surface area contributed by atoms with Gasteiger partial charge in [0.15, 0.2) is 0 Å². The van der Waals surface area contributed by atoms with Crippen LogP contribution in [0.4, 0.5) is 5.69 Å². The second-order valence-corrected chi connectivity index (χ2v) is 5.16. The van der Waals surface area contributed by atoms with Crippen molar-refractivity contribution in [2.75, 3.05) is 18.5 Å². The quantitative estimate of drug-likeness (QED) is 0.857. The third kappa shape index (κ3) is 3.35. The van der Waals surface area contributed by atoms with Crippen molar-refractivity contribution in [3.05, 3.63) is 40.4 Å². The van der Waals surface area contributed by atoms with E-state index < -0.39 is 0 Å². The van der Waals surface area contributed by atoms with Crippen molar-refractivity contribution in [1.82, 2.24) is 0 Å². The molecule has 16 heavy (non-hydrogen) atoms. The van der Waals surface area contributed by atoms with Gasteiger partial charge in [0.1, 0.15) is 0 Å². The van der Waals surface area contributed by atoms with E-state index in [1.165, 1.54) is 5.69 Å². The molecule has 1 aromatic carbocycles. The Balaban J connectivity index is 2.92. The van der Waals surface area contributed by atoms with Crippen LogP contribution in [0.2, 0.25) is 0 Å². The van der Waals surface area contributed by atoms with Gasteiger partial charge in [0.2, 0.25) is 0 Å². The van der Waals surface area contributed by atoms with Crippen LogP contribution in [0.5, 0.6) is 0 Å². The number of hydrogen-bond donors (Lipinski definition) is 1. The molecule has 0 aliphatic carbocycles. The van der Waals surface area contributed by atoms with Crippen LogP contribution in [0, 0.1) is 0 Å². The lowest BCUT2D eigenvalue weighted by molar-refractivity contribution is 0.812. The maximum absolute atomic E-state index is 5.86. The molecule has 0 aromatic heterocycles. The van der Waals surface area contributed by atoms with Gasteiger partial charge in [-0.2, -0.15) is 0 Å². The minimum Gasteiger partial charge on any atom is -0.371 e. The minimum absolute atomic E-state index is 0.0508. The van der Waals surface area contributed by atoms with Crippen LogP contribution in [-0.2, 0) is 0 Å². The number of benzene rings is 1. The van der Waals surface area contributed by atoms with Crippen molar-refractivity contribution in [2.45, 2.75) is 19.9 Å². The summed E-state index contributed by atoms with van der Waals surface area (Å²) in [7, 11) is 2.06. The SMILES string of the molecule is C=C(C)CN(C)c1ccc(C(C)N)c(Br)c1. The van der Waals surface area contributed by atoms with Crippen LogP contribution in [-0.4, -0.2) is 13.6 Å². The Morgan fingerprint density at radius 1 is 1.56 bits per heavy atom. The Hall–Kier alpha value is -0.800. The molecule has 0 fully saturated rings. The summed E-state index contributed by atoms with van der Waals surface area (Å²) in [4.78, 5) is 2.16. The van der Waals surface area contributed by atoms with Crippen LogP contribution in [0.1, 0.15) is 25.5 Å². The van der Waals surface area contributed by atoms with Gasteiger partial charge in [-0.05, 0) is 31.5 Å². The fraction of sp³-hybridized carbons (Fsp3) is 0.385. The number of anilines is 1. The number of nitrogens with two attached hydrogens (primary N) is 1. The molecular weight excluding hydrogens is 264 g/mol. The maximum Gasteiger partial charge on any atom is 0.0380 e. The molecule has 0 bridgehead atoms. The Morgan fingerprint density at radius 3 is 2.62 bits per heavy atom. The highest BCUT2D eigenvalue weighted by Crippen LogP contribution is 2.27. The van der Waals surface area contributed by atoms with Crippen molar-refractivity contribution in [1.29, 1.82) is 0 Å². The first-order chi connectivity index (χ1) is 7.41. The highest BCUT2D eigenvalue weighted by molar-refractivity contribution is 9.10. The van der Waals surface area contributed by atoms with Crippen LogP contribution in [0.15, 0.2) is 34.8 Å². The van der Waals surface area contributed by atoms with Crippen molar-refractivity contribution >= 4 is 21.6 Å². The molecule has 2 nitrogen and oxygen atoms in total. The molecule has 0 aliphatic rings. The highest BCUT2D eigenvalue weighted by Gasteiger charge is 2.07. The van der Waals surface area contributed by atoms with Crippen molar-refractivity contribution in [3.8, 4) is 0 Å². The van der Waals surface area contributed by atoms with Gasteiger partial charge in [-0.1, -0.05) is 34.1 Å². The summed E-state index contributed by atoms with van der Waals surface area (Å²) in [5, 5.41) is 0. The van der Waals surface area contributed by atoms with Crippen molar-refractivity contribution in [3.63, 3.8) is 0 Å². The van der Waals surface area contributed by atoms with Gasteiger partial charge in [-0.15, -0.1) is 0 Å². The van der Waals surface area contributed by atoms with Gasteiger partial charge in [-0.3, -0.25) is 0 Å². The summed E-state index contributed by atoms with van der Waals surface area (Å²) in [6.07, 6.45) is 0. The first-order valence-electron chi connectivity index (χ1n) is 5.32. The molecule has 88 valence electrons. The molecule has 0 spiro atoms. The van der Waals surface area contributed by atoms with Crippen LogP contribution < -0.4 is 10.6 Å². The third-order valence-electron chi connectivity index (χ3n) is 2.42. The monoisotopic (exact) mass is 282 g/mol. The van der Waals surface area contributed by atoms with E-state index in [2.05, 4.69) is 52.7 Å². The van der Waals surface area contributed by atoms with E-state index in [-0.39, 0.29) is 6.04 Å². The molecule has 0 radical (unpaired) electrons. The maximum atomic E-state index is 5.86. The number of hydrogen-bond acceptors (Lipinski definition) is 2. The number of rotatable bonds is 4. The van der Waals surface area contributed by atoms with Crippen molar-refractivity contribution in [2.24, 2.45) is 5.73 Å². The predicted octanol–water partition coefficient (Wildman–Crippen LogP) is 3.48. The Morgan fingerprint density at radius 2 is 2.19 bits per heavy atom. The number of nitrogens with zero attached hydrogens (tertiary/aromatic N) is 1. The smallest absolute Gasteiger partial charge is 0.0380 e. The topological polar surface area (TPSA) is 29.3 Å². The molecule has 3 heteroatoms. The van der Waals surface area contributed by atoms with E-state index in [9.17, 15) is 0 Å². The highest BCUT2D eigenvalue weighted by atomic mass is 79.9. The lowest BCUT2D eigenvalue weighted by atomic mass is 10.1. The molecule has 0 saturated heterocycles. The normalized spacial score (nSPS) is 12.3. The summed E-state index contributed by atoms with van der Waals surface area (Å²) in [5.74, 6) is 0. The number of halogens is 1. The first-order valence-corrected chi connectivity index (χ1v) is 6.11. The lowest BCUT2D eigenvalue weighted by Crippen LogP contribution is -2.19. The van der Waals surface area contributed by atoms with Gasteiger partial charge in [-0.25, -0.2) is 0 Å². The van der Waals surface area contributed by atoms with Crippen LogP contribution in [0.3, 0.4) is 0 Å². The van der Waals surface area contributed by atoms with Gasteiger partial charge in [0.05, 0.1) is 0 Å². The summed E-state index contributed by atoms with van der Waals surface area (Å²) in [6, 6.07) is 6.31. The van der Waals surface area contributed by atoms with Crippen LogP contribution in [0.25, 0.3) is 0 Å². The van der Waals surface area contributed by atoms with Gasteiger partial charge >= 0.3 is 0 Å². The molecular formula is C13H19BrN2. The van der Waals surface area contributed by atoms with Gasteiger partial charge in [0, 0.05) is 29.8 Å².